The second-order valence-corrected chi connectivity index (χ2v) is 4.52. The van der Waals surface area contributed by atoms with Crippen molar-refractivity contribution in [1.82, 2.24) is 0 Å². The Balaban J connectivity index is 2.86. The predicted molar refractivity (Wildman–Crippen MR) is 66.0 cm³/mol. The lowest BCUT2D eigenvalue weighted by Crippen LogP contribution is -2.23. The van der Waals surface area contributed by atoms with Crippen molar-refractivity contribution in [2.24, 2.45) is 5.41 Å². The molecule has 0 amide bonds. The molecular formula is C14H20O2. The van der Waals surface area contributed by atoms with Crippen LogP contribution in [0, 0.1) is 5.41 Å². The van der Waals surface area contributed by atoms with Crippen molar-refractivity contribution >= 4 is 5.78 Å². The molecule has 0 spiro atoms. The summed E-state index contributed by atoms with van der Waals surface area (Å²) in [7, 11) is 0. The van der Waals surface area contributed by atoms with Gasteiger partial charge in [0.25, 0.3) is 0 Å². The summed E-state index contributed by atoms with van der Waals surface area (Å²) in [6, 6.07) is 7.38. The van der Waals surface area contributed by atoms with E-state index in [4.69, 9.17) is 4.74 Å². The Morgan fingerprint density at radius 2 is 1.75 bits per heavy atom. The Morgan fingerprint density at radius 3 is 2.19 bits per heavy atom. The lowest BCUT2D eigenvalue weighted by Gasteiger charge is -2.20. The fraction of sp³-hybridized carbons (Fsp3) is 0.500. The number of carbonyl (C=O) groups is 1. The van der Waals surface area contributed by atoms with Crippen molar-refractivity contribution in [3.63, 3.8) is 0 Å². The highest BCUT2D eigenvalue weighted by Crippen LogP contribution is 2.26. The van der Waals surface area contributed by atoms with Gasteiger partial charge in [0.15, 0.2) is 5.78 Å². The van der Waals surface area contributed by atoms with Crippen molar-refractivity contribution in [1.29, 1.82) is 0 Å². The Bertz CT molecular complexity index is 350. The molecule has 0 fully saturated rings. The van der Waals surface area contributed by atoms with Gasteiger partial charge in [-0.25, -0.2) is 0 Å². The highest BCUT2D eigenvalue weighted by Gasteiger charge is 2.26. The summed E-state index contributed by atoms with van der Waals surface area (Å²) in [6.45, 7) is 8.58. The summed E-state index contributed by atoms with van der Waals surface area (Å²) >= 11 is 0. The molecule has 0 heterocycles. The molecule has 0 aliphatic heterocycles. The lowest BCUT2D eigenvalue weighted by molar-refractivity contribution is 0.0833. The van der Waals surface area contributed by atoms with E-state index >= 15 is 0 Å². The third-order valence-electron chi connectivity index (χ3n) is 2.93. The van der Waals surface area contributed by atoms with Gasteiger partial charge >= 0.3 is 0 Å². The quantitative estimate of drug-likeness (QED) is 0.707. The van der Waals surface area contributed by atoms with E-state index in [9.17, 15) is 4.79 Å². The maximum atomic E-state index is 12.1. The van der Waals surface area contributed by atoms with E-state index in [-0.39, 0.29) is 11.2 Å². The molecule has 88 valence electrons. The first-order valence-corrected chi connectivity index (χ1v) is 5.79. The van der Waals surface area contributed by atoms with E-state index in [1.807, 2.05) is 52.0 Å². The summed E-state index contributed by atoms with van der Waals surface area (Å²) in [5, 5.41) is 0. The molecule has 0 aromatic heterocycles. The van der Waals surface area contributed by atoms with Gasteiger partial charge in [-0.15, -0.1) is 0 Å². The zero-order chi connectivity index (χ0) is 12.2. The molecular weight excluding hydrogens is 200 g/mol. The second kappa shape index (κ2) is 5.15. The predicted octanol–water partition coefficient (Wildman–Crippen LogP) is 3.70. The van der Waals surface area contributed by atoms with Gasteiger partial charge < -0.3 is 4.74 Å². The summed E-state index contributed by atoms with van der Waals surface area (Å²) in [6.07, 6.45) is 0.846. The van der Waals surface area contributed by atoms with E-state index in [1.54, 1.807) is 0 Å². The van der Waals surface area contributed by atoms with E-state index < -0.39 is 0 Å². The first-order valence-electron chi connectivity index (χ1n) is 5.79. The van der Waals surface area contributed by atoms with Gasteiger partial charge in [-0.1, -0.05) is 20.8 Å². The standard InChI is InChI=1S/C14H20O2/c1-5-14(3,4)13(15)11-7-9-12(10-8-11)16-6-2/h7-10H,5-6H2,1-4H3. The van der Waals surface area contributed by atoms with Crippen LogP contribution in [0.4, 0.5) is 0 Å². The molecule has 0 aliphatic carbocycles. The fourth-order valence-electron chi connectivity index (χ4n) is 1.42. The van der Waals surface area contributed by atoms with Gasteiger partial charge in [0.05, 0.1) is 6.61 Å². The topological polar surface area (TPSA) is 26.3 Å². The Kier molecular flexibility index (Phi) is 4.11. The highest BCUT2D eigenvalue weighted by atomic mass is 16.5. The molecule has 16 heavy (non-hydrogen) atoms. The van der Waals surface area contributed by atoms with Gasteiger partial charge in [-0.3, -0.25) is 4.79 Å². The summed E-state index contributed by atoms with van der Waals surface area (Å²) < 4.78 is 5.34. The molecule has 0 saturated heterocycles. The third kappa shape index (κ3) is 2.84. The normalized spacial score (nSPS) is 11.2. The number of hydrogen-bond acceptors (Lipinski definition) is 2. The maximum absolute atomic E-state index is 12.1. The van der Waals surface area contributed by atoms with Crippen LogP contribution in [-0.2, 0) is 0 Å². The average molecular weight is 220 g/mol. The number of ether oxygens (including phenoxy) is 1. The monoisotopic (exact) mass is 220 g/mol. The number of benzene rings is 1. The van der Waals surface area contributed by atoms with Crippen molar-refractivity contribution in [2.75, 3.05) is 6.61 Å². The SMILES string of the molecule is CCOc1ccc(C(=O)C(C)(C)CC)cc1. The molecule has 0 bridgehead atoms. The number of Topliss-reactive ketones (excluding diaryl/α,β-unsaturated/α-hetero) is 1. The number of ketones is 1. The highest BCUT2D eigenvalue weighted by molar-refractivity contribution is 6.00. The first-order chi connectivity index (χ1) is 7.51. The van der Waals surface area contributed by atoms with Gasteiger partial charge in [0, 0.05) is 11.0 Å². The van der Waals surface area contributed by atoms with Crippen LogP contribution in [-0.4, -0.2) is 12.4 Å². The summed E-state index contributed by atoms with van der Waals surface area (Å²) in [4.78, 5) is 12.1. The molecule has 2 heteroatoms. The number of carbonyl (C=O) groups excluding carboxylic acids is 1. The molecule has 0 aliphatic rings. The smallest absolute Gasteiger partial charge is 0.168 e. The molecule has 2 nitrogen and oxygen atoms in total. The minimum Gasteiger partial charge on any atom is -0.494 e. The minimum atomic E-state index is -0.285. The van der Waals surface area contributed by atoms with Crippen molar-refractivity contribution in [3.8, 4) is 5.75 Å². The first kappa shape index (κ1) is 12.8. The van der Waals surface area contributed by atoms with E-state index in [1.165, 1.54) is 0 Å². The third-order valence-corrected chi connectivity index (χ3v) is 2.93. The minimum absolute atomic E-state index is 0.193. The van der Waals surface area contributed by atoms with Crippen LogP contribution in [0.2, 0.25) is 0 Å². The molecule has 0 atom stereocenters. The zero-order valence-electron chi connectivity index (χ0n) is 10.5. The van der Waals surface area contributed by atoms with Crippen LogP contribution >= 0.6 is 0 Å². The molecule has 1 aromatic rings. The molecule has 0 saturated carbocycles. The van der Waals surface area contributed by atoms with Crippen molar-refractivity contribution in [3.05, 3.63) is 29.8 Å². The molecule has 1 rings (SSSR count). The van der Waals surface area contributed by atoms with Crippen LogP contribution in [0.15, 0.2) is 24.3 Å². The van der Waals surface area contributed by atoms with Crippen LogP contribution in [0.25, 0.3) is 0 Å². The average Bonchev–Trinajstić information content (AvgIpc) is 2.29. The Hall–Kier alpha value is -1.31. The number of rotatable bonds is 5. The molecule has 0 N–H and O–H groups in total. The number of hydrogen-bond donors (Lipinski definition) is 0. The van der Waals surface area contributed by atoms with Crippen LogP contribution in [0.5, 0.6) is 5.75 Å². The van der Waals surface area contributed by atoms with Gasteiger partial charge in [0.2, 0.25) is 0 Å². The van der Waals surface area contributed by atoms with E-state index in [0.717, 1.165) is 17.7 Å². The Morgan fingerprint density at radius 1 is 1.19 bits per heavy atom. The van der Waals surface area contributed by atoms with Gasteiger partial charge in [-0.05, 0) is 37.6 Å². The maximum Gasteiger partial charge on any atom is 0.168 e. The summed E-state index contributed by atoms with van der Waals surface area (Å²) in [5.74, 6) is 1.01. The summed E-state index contributed by atoms with van der Waals surface area (Å²) in [5.41, 5.74) is 0.475. The van der Waals surface area contributed by atoms with Crippen molar-refractivity contribution in [2.45, 2.75) is 34.1 Å². The lowest BCUT2D eigenvalue weighted by atomic mass is 9.82. The van der Waals surface area contributed by atoms with Gasteiger partial charge in [0.1, 0.15) is 5.75 Å². The molecule has 0 radical (unpaired) electrons. The van der Waals surface area contributed by atoms with Crippen LogP contribution < -0.4 is 4.74 Å². The van der Waals surface area contributed by atoms with E-state index in [0.29, 0.717) is 6.61 Å². The van der Waals surface area contributed by atoms with Crippen LogP contribution in [0.3, 0.4) is 0 Å². The second-order valence-electron chi connectivity index (χ2n) is 4.52. The molecule has 1 aromatic carbocycles. The van der Waals surface area contributed by atoms with E-state index in [2.05, 4.69) is 0 Å². The zero-order valence-corrected chi connectivity index (χ0v) is 10.5. The van der Waals surface area contributed by atoms with Crippen molar-refractivity contribution < 1.29 is 9.53 Å². The largest absolute Gasteiger partial charge is 0.494 e. The molecule has 0 unspecified atom stereocenters. The van der Waals surface area contributed by atoms with Gasteiger partial charge in [-0.2, -0.15) is 0 Å². The fourth-order valence-corrected chi connectivity index (χ4v) is 1.42. The Labute approximate surface area is 97.6 Å². The van der Waals surface area contributed by atoms with Crippen LogP contribution in [0.1, 0.15) is 44.5 Å².